The van der Waals surface area contributed by atoms with E-state index >= 15 is 0 Å². The highest BCUT2D eigenvalue weighted by Gasteiger charge is 2.03. The predicted octanol–water partition coefficient (Wildman–Crippen LogP) is 3.87. The maximum absolute atomic E-state index is 11.8. The number of ether oxygens (including phenoxy) is 13. The van der Waals surface area contributed by atoms with Gasteiger partial charge in [-0.05, 0) is 13.5 Å². The number of hydrogen-bond donors (Lipinski definition) is 1. The lowest BCUT2D eigenvalue weighted by atomic mass is 10.1. The summed E-state index contributed by atoms with van der Waals surface area (Å²) >= 11 is 0. The molecule has 0 spiro atoms. The van der Waals surface area contributed by atoms with E-state index in [0.29, 0.717) is 165 Å². The molecule has 54 heavy (non-hydrogen) atoms. The van der Waals surface area contributed by atoms with Crippen molar-refractivity contribution in [3.05, 3.63) is 0 Å². The van der Waals surface area contributed by atoms with Gasteiger partial charge in [0.1, 0.15) is 6.61 Å². The van der Waals surface area contributed by atoms with Crippen molar-refractivity contribution in [3.63, 3.8) is 0 Å². The molecule has 15 heteroatoms. The Labute approximate surface area is 327 Å². The van der Waals surface area contributed by atoms with E-state index in [2.05, 4.69) is 12.2 Å². The van der Waals surface area contributed by atoms with Gasteiger partial charge in [0.2, 0.25) is 0 Å². The van der Waals surface area contributed by atoms with Crippen LogP contribution < -0.4 is 5.32 Å². The van der Waals surface area contributed by atoms with Crippen molar-refractivity contribution in [1.82, 2.24) is 5.32 Å². The average Bonchev–Trinajstić information content (AvgIpc) is 3.18. The van der Waals surface area contributed by atoms with Crippen LogP contribution in [-0.2, 0) is 66.4 Å². The van der Waals surface area contributed by atoms with Crippen LogP contribution in [0, 0.1) is 0 Å². The lowest BCUT2D eigenvalue weighted by Crippen LogP contribution is -2.17. The van der Waals surface area contributed by atoms with Crippen molar-refractivity contribution in [2.45, 2.75) is 71.1 Å². The third-order valence-electron chi connectivity index (χ3n) is 7.56. The molecule has 0 fully saturated rings. The lowest BCUT2D eigenvalue weighted by molar-refractivity contribution is -0.145. The van der Waals surface area contributed by atoms with Gasteiger partial charge in [0.25, 0.3) is 0 Å². The standard InChI is InChI=1S/C39H79NO14/c1-3-4-5-6-7-8-9-10-11-12-39(41)54-38-37-53-36-35-52-34-33-51-32-31-50-30-29-49-28-27-48-26-25-47-24-23-46-22-21-45-20-19-44-18-17-43-16-15-42-14-13-40-2/h40H,3-38H2,1-2H3. The minimum atomic E-state index is -0.137. The number of nitrogens with one attached hydrogen (secondary N) is 1. The molecular formula is C39H79NO14. The highest BCUT2D eigenvalue weighted by atomic mass is 16.6. The molecule has 0 unspecified atom stereocenters. The van der Waals surface area contributed by atoms with Crippen molar-refractivity contribution in [1.29, 1.82) is 0 Å². The molecular weight excluding hydrogens is 706 g/mol. The Bertz CT molecular complexity index is 698. The Kier molecular flexibility index (Phi) is 49.0. The number of unbranched alkanes of at least 4 members (excludes halogenated alkanes) is 8. The van der Waals surface area contributed by atoms with Gasteiger partial charge in [-0.1, -0.05) is 58.3 Å². The first kappa shape index (κ1) is 53.0. The second-order valence-electron chi connectivity index (χ2n) is 12.3. The van der Waals surface area contributed by atoms with E-state index in [1.54, 1.807) is 0 Å². The first-order valence-corrected chi connectivity index (χ1v) is 20.5. The zero-order valence-corrected chi connectivity index (χ0v) is 34.2. The van der Waals surface area contributed by atoms with Gasteiger partial charge in [0.15, 0.2) is 0 Å². The summed E-state index contributed by atoms with van der Waals surface area (Å²) in [7, 11) is 1.89. The van der Waals surface area contributed by atoms with Gasteiger partial charge < -0.3 is 66.9 Å². The molecule has 0 aromatic carbocycles. The van der Waals surface area contributed by atoms with Crippen LogP contribution in [0.2, 0.25) is 0 Å². The summed E-state index contributed by atoms with van der Waals surface area (Å²) in [5, 5.41) is 3.02. The number of hydrogen-bond acceptors (Lipinski definition) is 15. The Morgan fingerprint density at radius 3 is 0.852 bits per heavy atom. The Hall–Kier alpha value is -1.05. The number of esters is 1. The van der Waals surface area contributed by atoms with Crippen LogP contribution >= 0.6 is 0 Å². The minimum absolute atomic E-state index is 0.137. The molecule has 0 heterocycles. The summed E-state index contributed by atoms with van der Waals surface area (Å²) in [6.07, 6.45) is 11.6. The molecule has 0 saturated carbocycles. The second-order valence-corrected chi connectivity index (χ2v) is 12.3. The maximum atomic E-state index is 11.8. The van der Waals surface area contributed by atoms with Gasteiger partial charge in [-0.15, -0.1) is 0 Å². The minimum Gasteiger partial charge on any atom is -0.463 e. The molecule has 0 atom stereocenters. The van der Waals surface area contributed by atoms with Gasteiger partial charge in [-0.3, -0.25) is 4.79 Å². The summed E-state index contributed by atoms with van der Waals surface area (Å²) in [6.45, 7) is 15.7. The summed E-state index contributed by atoms with van der Waals surface area (Å²) < 4.78 is 70.8. The van der Waals surface area contributed by atoms with E-state index in [1.807, 2.05) is 7.05 Å². The Morgan fingerprint density at radius 1 is 0.333 bits per heavy atom. The van der Waals surface area contributed by atoms with E-state index < -0.39 is 0 Å². The molecule has 0 aliphatic rings. The summed E-state index contributed by atoms with van der Waals surface area (Å²) in [5.41, 5.74) is 0. The molecule has 0 rings (SSSR count). The van der Waals surface area contributed by atoms with E-state index in [1.165, 1.54) is 44.9 Å². The normalized spacial score (nSPS) is 11.5. The predicted molar refractivity (Wildman–Crippen MR) is 207 cm³/mol. The highest BCUT2D eigenvalue weighted by Crippen LogP contribution is 2.10. The van der Waals surface area contributed by atoms with Crippen molar-refractivity contribution >= 4 is 5.97 Å². The molecule has 0 amide bonds. The first-order valence-electron chi connectivity index (χ1n) is 20.5. The fourth-order valence-corrected chi connectivity index (χ4v) is 4.56. The summed E-state index contributed by atoms with van der Waals surface area (Å²) in [4.78, 5) is 11.8. The van der Waals surface area contributed by atoms with Crippen LogP contribution in [0.5, 0.6) is 0 Å². The molecule has 0 aliphatic carbocycles. The zero-order chi connectivity index (χ0) is 38.9. The largest absolute Gasteiger partial charge is 0.463 e. The highest BCUT2D eigenvalue weighted by molar-refractivity contribution is 5.69. The third kappa shape index (κ3) is 49.0. The molecule has 0 bridgehead atoms. The van der Waals surface area contributed by atoms with Crippen molar-refractivity contribution in [3.8, 4) is 0 Å². The van der Waals surface area contributed by atoms with E-state index in [-0.39, 0.29) is 12.6 Å². The van der Waals surface area contributed by atoms with Crippen LogP contribution in [0.15, 0.2) is 0 Å². The van der Waals surface area contributed by atoms with Gasteiger partial charge in [0, 0.05) is 13.0 Å². The molecule has 0 aliphatic heterocycles. The quantitative estimate of drug-likeness (QED) is 0.0703. The fraction of sp³-hybridized carbons (Fsp3) is 0.974. The zero-order valence-electron chi connectivity index (χ0n) is 34.2. The number of rotatable bonds is 49. The lowest BCUT2D eigenvalue weighted by Gasteiger charge is -2.09. The van der Waals surface area contributed by atoms with Crippen LogP contribution in [0.3, 0.4) is 0 Å². The van der Waals surface area contributed by atoms with Crippen LogP contribution in [-0.4, -0.2) is 185 Å². The topological polar surface area (TPSA) is 149 Å². The second kappa shape index (κ2) is 50.0. The van der Waals surface area contributed by atoms with Crippen molar-refractivity contribution in [2.24, 2.45) is 0 Å². The van der Waals surface area contributed by atoms with E-state index in [4.69, 9.17) is 61.6 Å². The molecule has 1 N–H and O–H groups in total. The molecule has 324 valence electrons. The molecule has 0 saturated heterocycles. The molecule has 0 aromatic heterocycles. The average molecular weight is 786 g/mol. The SMILES string of the molecule is CCCCCCCCCCCC(=O)OCCOCCOCCOCCOCCOCCOCCOCCOCCOCCOCCOCCOCCNC. The number of carbonyl (C=O) groups is 1. The molecule has 0 aromatic rings. The van der Waals surface area contributed by atoms with Crippen LogP contribution in [0.25, 0.3) is 0 Å². The van der Waals surface area contributed by atoms with Gasteiger partial charge >= 0.3 is 5.97 Å². The number of likely N-dealkylation sites (N-methyl/N-ethyl adjacent to an activating group) is 1. The summed E-state index contributed by atoms with van der Waals surface area (Å²) in [6, 6.07) is 0. The Morgan fingerprint density at radius 2 is 0.574 bits per heavy atom. The first-order chi connectivity index (χ1) is 26.8. The summed E-state index contributed by atoms with van der Waals surface area (Å²) in [5.74, 6) is -0.137. The van der Waals surface area contributed by atoms with Crippen molar-refractivity contribution < 1.29 is 66.4 Å². The smallest absolute Gasteiger partial charge is 0.305 e. The van der Waals surface area contributed by atoms with Gasteiger partial charge in [0.05, 0.1) is 159 Å². The van der Waals surface area contributed by atoms with E-state index in [9.17, 15) is 4.79 Å². The van der Waals surface area contributed by atoms with Gasteiger partial charge in [-0.2, -0.15) is 0 Å². The monoisotopic (exact) mass is 786 g/mol. The third-order valence-corrected chi connectivity index (χ3v) is 7.56. The van der Waals surface area contributed by atoms with E-state index in [0.717, 1.165) is 19.4 Å². The molecule has 0 radical (unpaired) electrons. The fourth-order valence-electron chi connectivity index (χ4n) is 4.56. The van der Waals surface area contributed by atoms with Crippen LogP contribution in [0.4, 0.5) is 0 Å². The van der Waals surface area contributed by atoms with Gasteiger partial charge in [-0.25, -0.2) is 0 Å². The van der Waals surface area contributed by atoms with Crippen LogP contribution in [0.1, 0.15) is 71.1 Å². The number of carbonyl (C=O) groups excluding carboxylic acids is 1. The Balaban J connectivity index is 3.10. The maximum Gasteiger partial charge on any atom is 0.305 e. The van der Waals surface area contributed by atoms with Crippen molar-refractivity contribution in [2.75, 3.05) is 179 Å². The molecule has 15 nitrogen and oxygen atoms in total.